The predicted octanol–water partition coefficient (Wildman–Crippen LogP) is 2.41. The first-order valence-corrected chi connectivity index (χ1v) is 7.01. The van der Waals surface area contributed by atoms with Crippen molar-refractivity contribution in [2.75, 3.05) is 19.7 Å². The zero-order valence-electron chi connectivity index (χ0n) is 11.3. The van der Waals surface area contributed by atoms with Gasteiger partial charge in [0.15, 0.2) is 0 Å². The van der Waals surface area contributed by atoms with Crippen molar-refractivity contribution in [1.29, 1.82) is 0 Å². The molecule has 0 bridgehead atoms. The fraction of sp³-hybridized carbons (Fsp3) is 0.846. The van der Waals surface area contributed by atoms with Gasteiger partial charge in [-0.2, -0.15) is 4.98 Å². The van der Waals surface area contributed by atoms with Crippen LogP contribution in [0, 0.1) is 0 Å². The number of nitrogens with one attached hydrogen (secondary N) is 1. The Morgan fingerprint density at radius 2 is 2.39 bits per heavy atom. The maximum Gasteiger partial charge on any atom is 0.231 e. The van der Waals surface area contributed by atoms with E-state index in [0.717, 1.165) is 38.2 Å². The van der Waals surface area contributed by atoms with Crippen LogP contribution in [0.5, 0.6) is 0 Å². The molecule has 5 heteroatoms. The van der Waals surface area contributed by atoms with Crippen molar-refractivity contribution in [2.24, 2.45) is 0 Å². The lowest BCUT2D eigenvalue weighted by Crippen LogP contribution is -2.28. The van der Waals surface area contributed by atoms with E-state index < -0.39 is 0 Å². The van der Waals surface area contributed by atoms with Gasteiger partial charge in [0.05, 0.1) is 5.92 Å². The van der Waals surface area contributed by atoms with Gasteiger partial charge in [-0.15, -0.1) is 0 Å². The van der Waals surface area contributed by atoms with Crippen LogP contribution in [0.25, 0.3) is 0 Å². The lowest BCUT2D eigenvalue weighted by Gasteiger charge is -2.18. The molecule has 2 rings (SSSR count). The Balaban J connectivity index is 2.02. The van der Waals surface area contributed by atoms with Crippen molar-refractivity contribution < 1.29 is 9.26 Å². The number of hydrogen-bond donors (Lipinski definition) is 1. The summed E-state index contributed by atoms with van der Waals surface area (Å²) < 4.78 is 11.1. The molecule has 0 amide bonds. The molecule has 0 aromatic carbocycles. The molecule has 1 saturated heterocycles. The number of piperidine rings is 1. The molecule has 5 nitrogen and oxygen atoms in total. The predicted molar refractivity (Wildman–Crippen MR) is 68.4 cm³/mol. The number of nitrogens with zero attached hydrogens (tertiary/aromatic N) is 2. The van der Waals surface area contributed by atoms with Crippen LogP contribution in [0.4, 0.5) is 0 Å². The molecule has 1 fully saturated rings. The van der Waals surface area contributed by atoms with E-state index in [-0.39, 0.29) is 6.10 Å². The summed E-state index contributed by atoms with van der Waals surface area (Å²) >= 11 is 0. The molecule has 102 valence electrons. The third kappa shape index (κ3) is 3.29. The Hall–Kier alpha value is -0.940. The van der Waals surface area contributed by atoms with E-state index in [1.807, 2.05) is 6.92 Å². The summed E-state index contributed by atoms with van der Waals surface area (Å²) in [6, 6.07) is 0. The average molecular weight is 253 g/mol. The Kier molecular flexibility index (Phi) is 5.13. The van der Waals surface area contributed by atoms with Crippen LogP contribution < -0.4 is 5.32 Å². The van der Waals surface area contributed by atoms with E-state index in [1.165, 1.54) is 6.42 Å². The van der Waals surface area contributed by atoms with Crippen molar-refractivity contribution in [3.05, 3.63) is 11.7 Å². The molecule has 2 heterocycles. The molecule has 1 aromatic heterocycles. The maximum absolute atomic E-state index is 5.67. The van der Waals surface area contributed by atoms with Gasteiger partial charge >= 0.3 is 0 Å². The standard InChI is InChI=1S/C13H23N3O2/c1-3-6-11(17-4-2)12-15-13(18-16-12)10-7-5-8-14-9-10/h10-11,14H,3-9H2,1-2H3/t10-,11?/m1/s1. The number of ether oxygens (including phenoxy) is 1. The molecule has 1 unspecified atom stereocenters. The molecule has 1 aromatic rings. The van der Waals surface area contributed by atoms with Crippen LogP contribution in [0.2, 0.25) is 0 Å². The summed E-state index contributed by atoms with van der Waals surface area (Å²) in [7, 11) is 0. The molecule has 1 aliphatic heterocycles. The lowest BCUT2D eigenvalue weighted by atomic mass is 10.00. The Labute approximate surface area is 108 Å². The number of aromatic nitrogens is 2. The summed E-state index contributed by atoms with van der Waals surface area (Å²) in [6.07, 6.45) is 4.28. The van der Waals surface area contributed by atoms with Crippen LogP contribution >= 0.6 is 0 Å². The van der Waals surface area contributed by atoms with Crippen LogP contribution in [0.1, 0.15) is 63.3 Å². The third-order valence-corrected chi connectivity index (χ3v) is 3.31. The lowest BCUT2D eigenvalue weighted by molar-refractivity contribution is 0.0477. The first-order chi connectivity index (χ1) is 8.85. The van der Waals surface area contributed by atoms with Gasteiger partial charge in [-0.1, -0.05) is 18.5 Å². The van der Waals surface area contributed by atoms with E-state index >= 15 is 0 Å². The van der Waals surface area contributed by atoms with Gasteiger partial charge in [-0.05, 0) is 32.7 Å². The van der Waals surface area contributed by atoms with Gasteiger partial charge in [0.2, 0.25) is 11.7 Å². The Morgan fingerprint density at radius 3 is 3.06 bits per heavy atom. The van der Waals surface area contributed by atoms with Crippen molar-refractivity contribution in [3.63, 3.8) is 0 Å². The molecule has 18 heavy (non-hydrogen) atoms. The minimum absolute atomic E-state index is 0.0194. The molecule has 1 aliphatic rings. The van der Waals surface area contributed by atoms with Gasteiger partial charge in [0.25, 0.3) is 0 Å². The maximum atomic E-state index is 5.67. The van der Waals surface area contributed by atoms with Gasteiger partial charge < -0.3 is 14.6 Å². The molecule has 0 saturated carbocycles. The average Bonchev–Trinajstić information content (AvgIpc) is 2.89. The zero-order valence-corrected chi connectivity index (χ0v) is 11.3. The molecule has 0 radical (unpaired) electrons. The Bertz CT molecular complexity index is 342. The van der Waals surface area contributed by atoms with E-state index in [1.54, 1.807) is 0 Å². The van der Waals surface area contributed by atoms with Crippen LogP contribution in [0.15, 0.2) is 4.52 Å². The summed E-state index contributed by atoms with van der Waals surface area (Å²) in [5.74, 6) is 1.83. The van der Waals surface area contributed by atoms with E-state index in [9.17, 15) is 0 Å². The van der Waals surface area contributed by atoms with Gasteiger partial charge in [-0.3, -0.25) is 0 Å². The quantitative estimate of drug-likeness (QED) is 0.843. The molecular formula is C13H23N3O2. The topological polar surface area (TPSA) is 60.2 Å². The van der Waals surface area contributed by atoms with Crippen molar-refractivity contribution in [2.45, 2.75) is 51.6 Å². The van der Waals surface area contributed by atoms with E-state index in [4.69, 9.17) is 9.26 Å². The first kappa shape index (κ1) is 13.5. The highest BCUT2D eigenvalue weighted by atomic mass is 16.5. The van der Waals surface area contributed by atoms with Gasteiger partial charge in [-0.25, -0.2) is 0 Å². The molecule has 0 spiro atoms. The highest BCUT2D eigenvalue weighted by Crippen LogP contribution is 2.25. The second kappa shape index (κ2) is 6.85. The first-order valence-electron chi connectivity index (χ1n) is 7.01. The summed E-state index contributed by atoms with van der Waals surface area (Å²) in [6.45, 7) is 6.84. The second-order valence-corrected chi connectivity index (χ2v) is 4.77. The highest BCUT2D eigenvalue weighted by molar-refractivity contribution is 4.98. The van der Waals surface area contributed by atoms with E-state index in [2.05, 4.69) is 22.4 Å². The van der Waals surface area contributed by atoms with Crippen molar-refractivity contribution in [3.8, 4) is 0 Å². The molecule has 2 atom stereocenters. The minimum atomic E-state index is -0.0194. The van der Waals surface area contributed by atoms with Crippen LogP contribution in [0.3, 0.4) is 0 Å². The van der Waals surface area contributed by atoms with Gasteiger partial charge in [0, 0.05) is 13.2 Å². The highest BCUT2D eigenvalue weighted by Gasteiger charge is 2.24. The smallest absolute Gasteiger partial charge is 0.231 e. The summed E-state index contributed by atoms with van der Waals surface area (Å²) in [5.41, 5.74) is 0. The fourth-order valence-electron chi connectivity index (χ4n) is 2.36. The monoisotopic (exact) mass is 253 g/mol. The number of rotatable bonds is 6. The zero-order chi connectivity index (χ0) is 12.8. The van der Waals surface area contributed by atoms with Crippen LogP contribution in [-0.2, 0) is 4.74 Å². The Morgan fingerprint density at radius 1 is 1.50 bits per heavy atom. The SMILES string of the molecule is CCCC(OCC)c1noc([C@@H]2CCCNC2)n1. The van der Waals surface area contributed by atoms with E-state index in [0.29, 0.717) is 18.3 Å². The minimum Gasteiger partial charge on any atom is -0.370 e. The third-order valence-electron chi connectivity index (χ3n) is 3.31. The molecule has 0 aliphatic carbocycles. The van der Waals surface area contributed by atoms with Crippen LogP contribution in [-0.4, -0.2) is 29.8 Å². The largest absolute Gasteiger partial charge is 0.370 e. The fourth-order valence-corrected chi connectivity index (χ4v) is 2.36. The summed E-state index contributed by atoms with van der Waals surface area (Å²) in [4.78, 5) is 4.53. The second-order valence-electron chi connectivity index (χ2n) is 4.77. The molecular weight excluding hydrogens is 230 g/mol. The normalized spacial score (nSPS) is 22.0. The van der Waals surface area contributed by atoms with Crippen molar-refractivity contribution >= 4 is 0 Å². The summed E-state index contributed by atoms with van der Waals surface area (Å²) in [5, 5.41) is 7.45. The van der Waals surface area contributed by atoms with Gasteiger partial charge in [0.1, 0.15) is 6.10 Å². The molecule has 1 N–H and O–H groups in total. The number of hydrogen-bond acceptors (Lipinski definition) is 5. The van der Waals surface area contributed by atoms with Crippen molar-refractivity contribution in [1.82, 2.24) is 15.5 Å².